The minimum atomic E-state index is -0.340. The van der Waals surface area contributed by atoms with Crippen molar-refractivity contribution in [3.63, 3.8) is 0 Å². The first kappa shape index (κ1) is 14.0. The van der Waals surface area contributed by atoms with Gasteiger partial charge in [0.25, 0.3) is 11.1 Å². The summed E-state index contributed by atoms with van der Waals surface area (Å²) in [6.07, 6.45) is 0.104. The molecular formula is C13H16N4O3. The van der Waals surface area contributed by atoms with Crippen molar-refractivity contribution in [1.82, 2.24) is 20.2 Å². The second-order valence-corrected chi connectivity index (χ2v) is 4.62. The topological polar surface area (TPSA) is 87.2 Å². The predicted octanol–water partition coefficient (Wildman–Crippen LogP) is -0.327. The summed E-state index contributed by atoms with van der Waals surface area (Å²) in [4.78, 5) is 35.5. The summed E-state index contributed by atoms with van der Waals surface area (Å²) in [5.41, 5.74) is 1.92. The molecule has 0 spiro atoms. The van der Waals surface area contributed by atoms with Crippen molar-refractivity contribution in [3.05, 3.63) is 45.0 Å². The lowest BCUT2D eigenvalue weighted by molar-refractivity contribution is -0.125. The summed E-state index contributed by atoms with van der Waals surface area (Å²) in [6.45, 7) is 0.124. The van der Waals surface area contributed by atoms with Crippen LogP contribution in [0.3, 0.4) is 0 Å². The zero-order valence-corrected chi connectivity index (χ0v) is 11.3. The van der Waals surface area contributed by atoms with Crippen molar-refractivity contribution >= 4 is 16.7 Å². The third-order valence-corrected chi connectivity index (χ3v) is 2.79. The lowest BCUT2D eigenvalue weighted by Crippen LogP contribution is -2.38. The van der Waals surface area contributed by atoms with Crippen LogP contribution in [0.1, 0.15) is 6.42 Å². The van der Waals surface area contributed by atoms with E-state index in [0.29, 0.717) is 10.8 Å². The number of aromatic amines is 1. The molecule has 1 heterocycles. The number of carbonyl (C=O) groups excluding carboxylic acids is 1. The van der Waals surface area contributed by atoms with E-state index in [2.05, 4.69) is 10.5 Å². The molecule has 106 valence electrons. The fraction of sp³-hybridized carbons (Fsp3) is 0.308. The normalized spacial score (nSPS) is 10.9. The first-order chi connectivity index (χ1) is 9.49. The lowest BCUT2D eigenvalue weighted by Gasteiger charge is -2.12. The summed E-state index contributed by atoms with van der Waals surface area (Å²) in [6, 6.07) is 6.60. The molecule has 7 nitrogen and oxygen atoms in total. The van der Waals surface area contributed by atoms with Gasteiger partial charge in [0.15, 0.2) is 0 Å². The van der Waals surface area contributed by atoms with Gasteiger partial charge in [0, 0.05) is 20.5 Å². The Labute approximate surface area is 114 Å². The molecule has 0 atom stereocenters. The Bertz CT molecular complexity index is 745. The van der Waals surface area contributed by atoms with Crippen LogP contribution < -0.4 is 16.5 Å². The third kappa shape index (κ3) is 2.94. The molecule has 1 aromatic carbocycles. The van der Waals surface area contributed by atoms with Crippen LogP contribution in [-0.2, 0) is 11.3 Å². The Morgan fingerprint density at radius 3 is 2.55 bits per heavy atom. The number of H-pyrrole nitrogens is 1. The van der Waals surface area contributed by atoms with E-state index >= 15 is 0 Å². The van der Waals surface area contributed by atoms with E-state index in [1.54, 1.807) is 38.4 Å². The van der Waals surface area contributed by atoms with E-state index in [1.165, 1.54) is 9.69 Å². The monoisotopic (exact) mass is 276 g/mol. The first-order valence-corrected chi connectivity index (χ1v) is 6.17. The van der Waals surface area contributed by atoms with Gasteiger partial charge in [-0.2, -0.15) is 0 Å². The maximum atomic E-state index is 12.2. The molecule has 2 aromatic rings. The zero-order valence-electron chi connectivity index (χ0n) is 11.3. The van der Waals surface area contributed by atoms with E-state index in [9.17, 15) is 14.4 Å². The summed E-state index contributed by atoms with van der Waals surface area (Å²) in [5.74, 6) is -0.226. The Morgan fingerprint density at radius 2 is 1.90 bits per heavy atom. The molecular weight excluding hydrogens is 260 g/mol. The number of fused-ring (bicyclic) bond motifs is 1. The van der Waals surface area contributed by atoms with Crippen molar-refractivity contribution in [3.8, 4) is 0 Å². The number of nitrogens with zero attached hydrogens (tertiary/aromatic N) is 2. The molecule has 0 saturated heterocycles. The first-order valence-electron chi connectivity index (χ1n) is 6.17. The number of aromatic nitrogens is 2. The Hall–Kier alpha value is -2.41. The molecule has 0 fully saturated rings. The summed E-state index contributed by atoms with van der Waals surface area (Å²) in [5, 5.41) is 4.71. The van der Waals surface area contributed by atoms with Gasteiger partial charge in [-0.25, -0.2) is 9.69 Å². The van der Waals surface area contributed by atoms with E-state index in [1.807, 2.05) is 0 Å². The number of carbonyl (C=O) groups is 1. The highest BCUT2D eigenvalue weighted by Crippen LogP contribution is 2.02. The highest BCUT2D eigenvalue weighted by Gasteiger charge is 2.08. The molecule has 1 amide bonds. The average Bonchev–Trinajstić information content (AvgIpc) is 2.40. The number of rotatable bonds is 4. The van der Waals surface area contributed by atoms with Crippen molar-refractivity contribution in [1.29, 1.82) is 0 Å². The van der Waals surface area contributed by atoms with Crippen molar-refractivity contribution < 1.29 is 4.79 Å². The predicted molar refractivity (Wildman–Crippen MR) is 75.3 cm³/mol. The van der Waals surface area contributed by atoms with E-state index in [4.69, 9.17) is 0 Å². The standard InChI is InChI=1S/C13H16N4O3/c1-16(2)14-11(18)7-8-17-13(20)10-6-4-3-5-9(10)12(19)15-17/h3-6H,7-8H2,1-2H3,(H,14,18)(H,15,19). The molecule has 7 heteroatoms. The van der Waals surface area contributed by atoms with Crippen molar-refractivity contribution in [2.75, 3.05) is 14.1 Å². The number of nitrogens with one attached hydrogen (secondary N) is 2. The fourth-order valence-electron chi connectivity index (χ4n) is 1.92. The van der Waals surface area contributed by atoms with E-state index < -0.39 is 0 Å². The van der Waals surface area contributed by atoms with Crippen LogP contribution in [0.2, 0.25) is 0 Å². The van der Waals surface area contributed by atoms with Gasteiger partial charge in [-0.05, 0) is 12.1 Å². The van der Waals surface area contributed by atoms with E-state index in [-0.39, 0.29) is 30.0 Å². The Kier molecular flexibility index (Phi) is 3.99. The van der Waals surface area contributed by atoms with Crippen LogP contribution in [0.5, 0.6) is 0 Å². The molecule has 0 aliphatic carbocycles. The van der Waals surface area contributed by atoms with Gasteiger partial charge in [0.05, 0.1) is 17.3 Å². The zero-order chi connectivity index (χ0) is 14.7. The van der Waals surface area contributed by atoms with Crippen LogP contribution >= 0.6 is 0 Å². The molecule has 0 aliphatic rings. The molecule has 2 N–H and O–H groups in total. The van der Waals surface area contributed by atoms with Crippen molar-refractivity contribution in [2.45, 2.75) is 13.0 Å². The fourth-order valence-corrected chi connectivity index (χ4v) is 1.92. The van der Waals surface area contributed by atoms with E-state index in [0.717, 1.165) is 0 Å². The minimum Gasteiger partial charge on any atom is -0.289 e. The largest absolute Gasteiger partial charge is 0.289 e. The molecule has 20 heavy (non-hydrogen) atoms. The van der Waals surface area contributed by atoms with Crippen LogP contribution in [0.15, 0.2) is 33.9 Å². The smallest absolute Gasteiger partial charge is 0.273 e. The second kappa shape index (κ2) is 5.70. The number of hydrogen-bond acceptors (Lipinski definition) is 4. The van der Waals surface area contributed by atoms with Crippen LogP contribution in [0.25, 0.3) is 10.8 Å². The quantitative estimate of drug-likeness (QED) is 0.749. The summed E-state index contributed by atoms with van der Waals surface area (Å²) < 4.78 is 1.17. The minimum absolute atomic E-state index is 0.104. The molecule has 2 rings (SSSR count). The summed E-state index contributed by atoms with van der Waals surface area (Å²) in [7, 11) is 3.39. The van der Waals surface area contributed by atoms with Gasteiger partial charge in [-0.1, -0.05) is 12.1 Å². The highest BCUT2D eigenvalue weighted by molar-refractivity contribution is 5.80. The Morgan fingerprint density at radius 1 is 1.25 bits per heavy atom. The van der Waals surface area contributed by atoms with Crippen LogP contribution in [-0.4, -0.2) is 34.8 Å². The molecule has 1 aromatic heterocycles. The van der Waals surface area contributed by atoms with Crippen LogP contribution in [0, 0.1) is 0 Å². The second-order valence-electron chi connectivity index (χ2n) is 4.62. The molecule has 0 bridgehead atoms. The van der Waals surface area contributed by atoms with Crippen molar-refractivity contribution in [2.24, 2.45) is 0 Å². The maximum absolute atomic E-state index is 12.2. The number of hydrazine groups is 1. The van der Waals surface area contributed by atoms with Gasteiger partial charge in [-0.3, -0.25) is 24.9 Å². The number of hydrogen-bond donors (Lipinski definition) is 2. The number of benzene rings is 1. The third-order valence-electron chi connectivity index (χ3n) is 2.79. The average molecular weight is 276 g/mol. The van der Waals surface area contributed by atoms with Gasteiger partial charge < -0.3 is 0 Å². The molecule has 0 saturated carbocycles. The number of aryl methyl sites for hydroxylation is 1. The molecule has 0 radical (unpaired) electrons. The van der Waals surface area contributed by atoms with Gasteiger partial charge in [-0.15, -0.1) is 0 Å². The van der Waals surface area contributed by atoms with Crippen LogP contribution in [0.4, 0.5) is 0 Å². The molecule has 0 aliphatic heterocycles. The Balaban J connectivity index is 2.28. The van der Waals surface area contributed by atoms with Gasteiger partial charge >= 0.3 is 0 Å². The lowest BCUT2D eigenvalue weighted by atomic mass is 10.2. The summed E-state index contributed by atoms with van der Waals surface area (Å²) >= 11 is 0. The maximum Gasteiger partial charge on any atom is 0.273 e. The highest BCUT2D eigenvalue weighted by atomic mass is 16.2. The van der Waals surface area contributed by atoms with Gasteiger partial charge in [0.1, 0.15) is 0 Å². The SMILES string of the molecule is CN(C)NC(=O)CCn1[nH]c(=O)c2ccccc2c1=O. The van der Waals surface area contributed by atoms with Gasteiger partial charge in [0.2, 0.25) is 5.91 Å². The molecule has 0 unspecified atom stereocenters. The number of amides is 1.